The number of nitrogens with two attached hydrogens (primary N) is 1. The molecule has 1 saturated carbocycles. The number of alkyl halides is 1. The first-order chi connectivity index (χ1) is 23.5. The molecule has 2 aliphatic rings. The first kappa shape index (κ1) is 37.9. The predicted octanol–water partition coefficient (Wildman–Crippen LogP) is 6.80. The Bertz CT molecular complexity index is 1560. The SMILES string of the molecule is CC(NC(=O)c1ccc(NP(=O)(OCC2=CC=CC([N+](=O)[O-])O2)N(C)CCCCCl)cc1)c1ccc(OCC2CCCCC2)c(C(N)=O)c1. The Morgan fingerprint density at radius 1 is 1.16 bits per heavy atom. The van der Waals surface area contributed by atoms with Gasteiger partial charge in [-0.1, -0.05) is 31.4 Å². The quantitative estimate of drug-likeness (QED) is 0.0489. The van der Waals surface area contributed by atoms with Crippen molar-refractivity contribution in [2.24, 2.45) is 11.7 Å². The van der Waals surface area contributed by atoms with Crippen LogP contribution in [-0.2, 0) is 13.8 Å². The van der Waals surface area contributed by atoms with Crippen LogP contribution >= 0.6 is 19.3 Å². The topological polar surface area (TPSA) is 175 Å². The number of halogens is 1. The molecule has 0 radical (unpaired) electrons. The van der Waals surface area contributed by atoms with E-state index in [-0.39, 0.29) is 23.8 Å². The van der Waals surface area contributed by atoms with Crippen molar-refractivity contribution < 1.29 is 33.1 Å². The molecule has 0 aromatic heterocycles. The van der Waals surface area contributed by atoms with Crippen LogP contribution in [0.3, 0.4) is 0 Å². The molecule has 49 heavy (non-hydrogen) atoms. The number of amides is 2. The van der Waals surface area contributed by atoms with E-state index in [0.717, 1.165) is 12.8 Å². The number of nitro groups is 1. The Morgan fingerprint density at radius 3 is 2.57 bits per heavy atom. The maximum Gasteiger partial charge on any atom is 0.373 e. The number of benzene rings is 2. The summed E-state index contributed by atoms with van der Waals surface area (Å²) in [6, 6.07) is 11.1. The van der Waals surface area contributed by atoms with Crippen LogP contribution in [0.1, 0.15) is 84.2 Å². The van der Waals surface area contributed by atoms with Crippen LogP contribution in [0.15, 0.2) is 66.5 Å². The van der Waals surface area contributed by atoms with Crippen molar-refractivity contribution in [3.05, 3.63) is 93.3 Å². The summed E-state index contributed by atoms with van der Waals surface area (Å²) >= 11 is 5.82. The van der Waals surface area contributed by atoms with Crippen molar-refractivity contribution in [3.63, 3.8) is 0 Å². The lowest BCUT2D eigenvalue weighted by molar-refractivity contribution is -0.557. The second-order valence-electron chi connectivity index (χ2n) is 12.2. The van der Waals surface area contributed by atoms with E-state index in [2.05, 4.69) is 10.4 Å². The molecule has 3 unspecified atom stereocenters. The van der Waals surface area contributed by atoms with Crippen molar-refractivity contribution >= 4 is 36.8 Å². The molecule has 2 amide bonds. The molecular formula is C34H45ClN5O8P. The van der Waals surface area contributed by atoms with Gasteiger partial charge in [0.2, 0.25) is 0 Å². The molecular weight excluding hydrogens is 673 g/mol. The fourth-order valence-electron chi connectivity index (χ4n) is 5.54. The minimum atomic E-state index is -3.74. The number of nitrogens with zero attached hydrogens (tertiary/aromatic N) is 2. The largest absolute Gasteiger partial charge is 0.492 e. The Morgan fingerprint density at radius 2 is 1.90 bits per heavy atom. The molecule has 1 aliphatic heterocycles. The van der Waals surface area contributed by atoms with Gasteiger partial charge in [-0.2, -0.15) is 0 Å². The molecule has 1 aliphatic carbocycles. The highest BCUT2D eigenvalue weighted by Gasteiger charge is 2.31. The van der Waals surface area contributed by atoms with Gasteiger partial charge < -0.3 is 25.6 Å². The first-order valence-corrected chi connectivity index (χ1v) is 18.6. The second kappa shape index (κ2) is 18.2. The van der Waals surface area contributed by atoms with E-state index in [9.17, 15) is 24.3 Å². The van der Waals surface area contributed by atoms with Crippen LogP contribution in [0.5, 0.6) is 5.75 Å². The lowest BCUT2D eigenvalue weighted by atomic mass is 9.90. The number of nitrogens with one attached hydrogen (secondary N) is 2. The maximum atomic E-state index is 14.1. The number of rotatable bonds is 18. The minimum Gasteiger partial charge on any atom is -0.492 e. The smallest absolute Gasteiger partial charge is 0.373 e. The normalized spacial score (nSPS) is 18.1. The van der Waals surface area contributed by atoms with Gasteiger partial charge in [0, 0.05) is 29.8 Å². The Balaban J connectivity index is 1.39. The highest BCUT2D eigenvalue weighted by Crippen LogP contribution is 2.50. The zero-order valence-electron chi connectivity index (χ0n) is 27.8. The lowest BCUT2D eigenvalue weighted by Gasteiger charge is -2.29. The van der Waals surface area contributed by atoms with Crippen LogP contribution < -0.4 is 20.9 Å². The number of primary amides is 1. The molecule has 2 aromatic carbocycles. The van der Waals surface area contributed by atoms with Crippen LogP contribution in [-0.4, -0.2) is 60.3 Å². The number of anilines is 1. The molecule has 15 heteroatoms. The summed E-state index contributed by atoms with van der Waals surface area (Å²) in [6.45, 7) is 2.47. The number of unbranched alkanes of at least 4 members (excludes halogenated alkanes) is 1. The van der Waals surface area contributed by atoms with E-state index in [0.29, 0.717) is 60.4 Å². The van der Waals surface area contributed by atoms with Gasteiger partial charge in [-0.3, -0.25) is 24.2 Å². The molecule has 4 rings (SSSR count). The number of allylic oxidation sites excluding steroid dienone is 2. The molecule has 2 aromatic rings. The Kier molecular flexibility index (Phi) is 14.1. The second-order valence-corrected chi connectivity index (χ2v) is 14.8. The van der Waals surface area contributed by atoms with E-state index in [1.54, 1.807) is 55.0 Å². The highest BCUT2D eigenvalue weighted by molar-refractivity contribution is 7.58. The summed E-state index contributed by atoms with van der Waals surface area (Å²) in [4.78, 5) is 36.0. The number of hydrogen-bond acceptors (Lipinski definition) is 8. The fourth-order valence-corrected chi connectivity index (χ4v) is 7.34. The Hall–Kier alpha value is -3.90. The Labute approximate surface area is 291 Å². The number of hydrogen-bond donors (Lipinski definition) is 3. The van der Waals surface area contributed by atoms with Gasteiger partial charge in [0.25, 0.3) is 11.8 Å². The molecule has 4 N–H and O–H groups in total. The average molecular weight is 718 g/mol. The van der Waals surface area contributed by atoms with Gasteiger partial charge in [-0.25, -0.2) is 9.24 Å². The predicted molar refractivity (Wildman–Crippen MR) is 188 cm³/mol. The van der Waals surface area contributed by atoms with Crippen molar-refractivity contribution in [1.29, 1.82) is 0 Å². The van der Waals surface area contributed by atoms with E-state index >= 15 is 0 Å². The molecule has 13 nitrogen and oxygen atoms in total. The standard InChI is InChI=1S/C34H45ClN5O8P/c1-24(27-15-18-31(30(21-27)33(36)41)46-22-25-9-4-3-5-10-25)37-34(42)26-13-16-28(17-14-26)38-49(45,39(2)20-7-6-19-35)47-23-29-11-8-12-32(48-29)40(43)44/h8,11-18,21,24-25,32H,3-7,9-10,19-20,22-23H2,1-2H3,(H2,36,41)(H,37,42)(H,38,45). The number of ether oxygens (including phenoxy) is 2. The van der Waals surface area contributed by atoms with Gasteiger partial charge in [-0.15, -0.1) is 11.6 Å². The van der Waals surface area contributed by atoms with Crippen LogP contribution in [0.2, 0.25) is 0 Å². The highest BCUT2D eigenvalue weighted by atomic mass is 35.5. The lowest BCUT2D eigenvalue weighted by Crippen LogP contribution is -2.27. The monoisotopic (exact) mass is 717 g/mol. The maximum absolute atomic E-state index is 14.1. The molecule has 1 heterocycles. The molecule has 1 fully saturated rings. The average Bonchev–Trinajstić information content (AvgIpc) is 3.10. The molecule has 3 atom stereocenters. The van der Waals surface area contributed by atoms with E-state index in [4.69, 9.17) is 31.3 Å². The first-order valence-electron chi connectivity index (χ1n) is 16.4. The van der Waals surface area contributed by atoms with Gasteiger partial charge in [0.05, 0.1) is 23.1 Å². The van der Waals surface area contributed by atoms with Crippen molar-refractivity contribution in [2.75, 3.05) is 37.8 Å². The van der Waals surface area contributed by atoms with E-state index in [1.165, 1.54) is 37.5 Å². The number of carbonyl (C=O) groups excluding carboxylic acids is 2. The molecule has 0 bridgehead atoms. The van der Waals surface area contributed by atoms with Crippen LogP contribution in [0.25, 0.3) is 0 Å². The minimum absolute atomic E-state index is 0.158. The summed E-state index contributed by atoms with van der Waals surface area (Å²) in [6.07, 6.45) is 10.2. The van der Waals surface area contributed by atoms with E-state index < -0.39 is 30.8 Å². The zero-order valence-corrected chi connectivity index (χ0v) is 29.5. The van der Waals surface area contributed by atoms with Crippen molar-refractivity contribution in [2.45, 2.75) is 64.1 Å². The van der Waals surface area contributed by atoms with Gasteiger partial charge in [0.15, 0.2) is 0 Å². The van der Waals surface area contributed by atoms with E-state index in [1.807, 2.05) is 6.07 Å². The third kappa shape index (κ3) is 11.1. The van der Waals surface area contributed by atoms with Crippen LogP contribution in [0, 0.1) is 16.0 Å². The molecule has 0 saturated heterocycles. The summed E-state index contributed by atoms with van der Waals surface area (Å²) in [5.74, 6) is 0.558. The summed E-state index contributed by atoms with van der Waals surface area (Å²) < 4.78 is 32.8. The third-order valence-corrected chi connectivity index (χ3v) is 10.9. The summed E-state index contributed by atoms with van der Waals surface area (Å²) in [5.41, 5.74) is 7.42. The fraction of sp³-hybridized carbons (Fsp3) is 0.471. The molecule has 0 spiro atoms. The van der Waals surface area contributed by atoms with Crippen LogP contribution in [0.4, 0.5) is 5.69 Å². The zero-order chi connectivity index (χ0) is 35.4. The summed E-state index contributed by atoms with van der Waals surface area (Å²) in [7, 11) is -2.10. The van der Waals surface area contributed by atoms with Gasteiger partial charge in [-0.05, 0) is 93.6 Å². The summed E-state index contributed by atoms with van der Waals surface area (Å²) in [5, 5.41) is 17.0. The number of carbonyl (C=O) groups is 2. The molecule has 266 valence electrons. The third-order valence-electron chi connectivity index (χ3n) is 8.47. The van der Waals surface area contributed by atoms with Gasteiger partial charge >= 0.3 is 13.9 Å². The van der Waals surface area contributed by atoms with Crippen molar-refractivity contribution in [1.82, 2.24) is 9.99 Å². The van der Waals surface area contributed by atoms with Gasteiger partial charge in [0.1, 0.15) is 18.1 Å². The van der Waals surface area contributed by atoms with Crippen molar-refractivity contribution in [3.8, 4) is 5.75 Å².